The molecule has 0 spiro atoms. The lowest BCUT2D eigenvalue weighted by Gasteiger charge is -2.37. The minimum atomic E-state index is -0.620. The highest BCUT2D eigenvalue weighted by Crippen LogP contribution is 2.26. The van der Waals surface area contributed by atoms with Crippen LogP contribution in [0.4, 0.5) is 14.6 Å². The van der Waals surface area contributed by atoms with Gasteiger partial charge in [0.2, 0.25) is 0 Å². The van der Waals surface area contributed by atoms with Gasteiger partial charge < -0.3 is 10.2 Å². The third-order valence-electron chi connectivity index (χ3n) is 3.91. The Hall–Kier alpha value is -1.23. The maximum Gasteiger partial charge on any atom is 0.168 e. The van der Waals surface area contributed by atoms with E-state index in [1.54, 1.807) is 0 Å². The van der Waals surface area contributed by atoms with E-state index in [2.05, 4.69) is 10.3 Å². The lowest BCUT2D eigenvalue weighted by molar-refractivity contribution is 0.424. The minimum Gasteiger partial charge on any atom is -0.350 e. The molecule has 3 nitrogen and oxygen atoms in total. The van der Waals surface area contributed by atoms with Gasteiger partial charge in [0, 0.05) is 31.2 Å². The van der Waals surface area contributed by atoms with Crippen molar-refractivity contribution in [2.24, 2.45) is 0 Å². The second kappa shape index (κ2) is 5.41. The zero-order valence-electron chi connectivity index (χ0n) is 10.9. The predicted octanol–water partition coefficient (Wildman–Crippen LogP) is 2.47. The van der Waals surface area contributed by atoms with E-state index >= 15 is 0 Å². The van der Waals surface area contributed by atoms with Gasteiger partial charge in [0.05, 0.1) is 6.20 Å². The van der Waals surface area contributed by atoms with Gasteiger partial charge in [-0.25, -0.2) is 13.8 Å². The Balaban J connectivity index is 1.74. The Kier molecular flexibility index (Phi) is 3.64. The number of anilines is 1. The third-order valence-corrected chi connectivity index (χ3v) is 3.91. The van der Waals surface area contributed by atoms with E-state index in [0.29, 0.717) is 11.9 Å². The first-order valence-electron chi connectivity index (χ1n) is 7.05. The topological polar surface area (TPSA) is 28.2 Å². The fourth-order valence-electron chi connectivity index (χ4n) is 2.70. The van der Waals surface area contributed by atoms with E-state index in [1.807, 2.05) is 4.90 Å². The van der Waals surface area contributed by atoms with Crippen LogP contribution in [0.15, 0.2) is 12.3 Å². The van der Waals surface area contributed by atoms with Gasteiger partial charge in [0.25, 0.3) is 0 Å². The Labute approximate surface area is 112 Å². The van der Waals surface area contributed by atoms with Gasteiger partial charge in [0.15, 0.2) is 11.6 Å². The highest BCUT2D eigenvalue weighted by atomic mass is 19.1. The molecule has 1 aromatic rings. The second-order valence-electron chi connectivity index (χ2n) is 5.48. The highest BCUT2D eigenvalue weighted by Gasteiger charge is 2.28. The Morgan fingerprint density at radius 2 is 2.11 bits per heavy atom. The number of nitrogens with zero attached hydrogens (tertiary/aromatic N) is 2. The molecule has 1 N–H and O–H groups in total. The summed E-state index contributed by atoms with van der Waals surface area (Å²) in [6.07, 6.45) is 6.83. The van der Waals surface area contributed by atoms with E-state index in [4.69, 9.17) is 0 Å². The van der Waals surface area contributed by atoms with Gasteiger partial charge >= 0.3 is 0 Å². The number of rotatable bonds is 4. The van der Waals surface area contributed by atoms with Crippen molar-refractivity contribution < 1.29 is 8.78 Å². The third kappa shape index (κ3) is 3.03. The van der Waals surface area contributed by atoms with Crippen LogP contribution in [-0.2, 0) is 0 Å². The number of pyridine rings is 1. The number of nitrogens with one attached hydrogen (secondary N) is 1. The first kappa shape index (κ1) is 12.8. The molecule has 0 amide bonds. The summed E-state index contributed by atoms with van der Waals surface area (Å²) in [5.74, 6) is -0.882. The summed E-state index contributed by atoms with van der Waals surface area (Å²) in [6.45, 7) is 1.66. The lowest BCUT2D eigenvalue weighted by Crippen LogP contribution is -2.46. The molecule has 104 valence electrons. The first-order valence-corrected chi connectivity index (χ1v) is 7.05. The summed E-state index contributed by atoms with van der Waals surface area (Å²) in [4.78, 5) is 5.94. The SMILES string of the molecule is Fc1cnc(N2CCCCC2CNC2CC2)c(F)c1. The fourth-order valence-corrected chi connectivity index (χ4v) is 2.70. The van der Waals surface area contributed by atoms with Crippen molar-refractivity contribution >= 4 is 5.82 Å². The average molecular weight is 267 g/mol. The number of piperidine rings is 1. The van der Waals surface area contributed by atoms with Crippen LogP contribution in [0.3, 0.4) is 0 Å². The monoisotopic (exact) mass is 267 g/mol. The van der Waals surface area contributed by atoms with Gasteiger partial charge in [-0.15, -0.1) is 0 Å². The minimum absolute atomic E-state index is 0.266. The first-order chi connectivity index (χ1) is 9.24. The Bertz CT molecular complexity index is 448. The lowest BCUT2D eigenvalue weighted by atomic mass is 10.0. The van der Waals surface area contributed by atoms with Crippen LogP contribution in [0.2, 0.25) is 0 Å². The molecule has 2 heterocycles. The number of halogens is 2. The molecule has 1 aliphatic heterocycles. The molecule has 3 rings (SSSR count). The van der Waals surface area contributed by atoms with Crippen molar-refractivity contribution in [3.05, 3.63) is 23.9 Å². The molecule has 2 aliphatic rings. The van der Waals surface area contributed by atoms with E-state index in [1.165, 1.54) is 12.8 Å². The van der Waals surface area contributed by atoms with E-state index in [-0.39, 0.29) is 6.04 Å². The molecule has 1 aliphatic carbocycles. The van der Waals surface area contributed by atoms with Crippen molar-refractivity contribution in [2.75, 3.05) is 18.0 Å². The number of hydrogen-bond donors (Lipinski definition) is 1. The summed E-state index contributed by atoms with van der Waals surface area (Å²) < 4.78 is 26.8. The second-order valence-corrected chi connectivity index (χ2v) is 5.48. The maximum absolute atomic E-state index is 13.9. The molecule has 5 heteroatoms. The summed E-state index contributed by atoms with van der Waals surface area (Å²) in [6, 6.07) is 1.83. The van der Waals surface area contributed by atoms with Gasteiger partial charge in [-0.3, -0.25) is 0 Å². The number of hydrogen-bond acceptors (Lipinski definition) is 3. The van der Waals surface area contributed by atoms with Crippen LogP contribution in [0.1, 0.15) is 32.1 Å². The normalized spacial score (nSPS) is 23.7. The molecule has 2 fully saturated rings. The zero-order valence-corrected chi connectivity index (χ0v) is 10.9. The van der Waals surface area contributed by atoms with E-state index < -0.39 is 11.6 Å². The smallest absolute Gasteiger partial charge is 0.168 e. The molecule has 1 unspecified atom stereocenters. The van der Waals surface area contributed by atoms with E-state index in [0.717, 1.165) is 44.6 Å². The van der Waals surface area contributed by atoms with Crippen molar-refractivity contribution in [1.29, 1.82) is 0 Å². The van der Waals surface area contributed by atoms with Crippen LogP contribution < -0.4 is 10.2 Å². The van der Waals surface area contributed by atoms with Gasteiger partial charge in [0.1, 0.15) is 5.82 Å². The quantitative estimate of drug-likeness (QED) is 0.908. The molecule has 0 radical (unpaired) electrons. The van der Waals surface area contributed by atoms with Gasteiger partial charge in [-0.1, -0.05) is 0 Å². The van der Waals surface area contributed by atoms with Gasteiger partial charge in [-0.2, -0.15) is 0 Å². The summed E-state index contributed by atoms with van der Waals surface area (Å²) >= 11 is 0. The van der Waals surface area contributed by atoms with Crippen LogP contribution in [-0.4, -0.2) is 30.2 Å². The fraction of sp³-hybridized carbons (Fsp3) is 0.643. The van der Waals surface area contributed by atoms with Crippen molar-refractivity contribution in [3.63, 3.8) is 0 Å². The predicted molar refractivity (Wildman–Crippen MR) is 70.2 cm³/mol. The molecule has 0 bridgehead atoms. The molecule has 1 saturated carbocycles. The Morgan fingerprint density at radius 1 is 1.26 bits per heavy atom. The molecular formula is C14H19F2N3. The highest BCUT2D eigenvalue weighted by molar-refractivity contribution is 5.41. The summed E-state index contributed by atoms with van der Waals surface area (Å²) in [5, 5.41) is 3.49. The summed E-state index contributed by atoms with van der Waals surface area (Å²) in [5.41, 5.74) is 0. The van der Waals surface area contributed by atoms with Crippen LogP contribution in [0, 0.1) is 11.6 Å². The molecular weight excluding hydrogens is 248 g/mol. The van der Waals surface area contributed by atoms with Crippen molar-refractivity contribution in [1.82, 2.24) is 10.3 Å². The molecule has 19 heavy (non-hydrogen) atoms. The largest absolute Gasteiger partial charge is 0.350 e. The van der Waals surface area contributed by atoms with Crippen LogP contribution in [0.25, 0.3) is 0 Å². The average Bonchev–Trinajstić information content (AvgIpc) is 3.21. The molecule has 1 saturated heterocycles. The van der Waals surface area contributed by atoms with Crippen LogP contribution in [0.5, 0.6) is 0 Å². The van der Waals surface area contributed by atoms with Crippen LogP contribution >= 0.6 is 0 Å². The molecule has 1 aromatic heterocycles. The molecule has 0 aromatic carbocycles. The Morgan fingerprint density at radius 3 is 2.84 bits per heavy atom. The maximum atomic E-state index is 13.9. The van der Waals surface area contributed by atoms with Crippen molar-refractivity contribution in [3.8, 4) is 0 Å². The number of aromatic nitrogens is 1. The van der Waals surface area contributed by atoms with Gasteiger partial charge in [-0.05, 0) is 32.1 Å². The molecule has 1 atom stereocenters. The van der Waals surface area contributed by atoms with E-state index in [9.17, 15) is 8.78 Å². The summed E-state index contributed by atoms with van der Waals surface area (Å²) in [7, 11) is 0. The van der Waals surface area contributed by atoms with Crippen molar-refractivity contribution in [2.45, 2.75) is 44.2 Å². The standard InChI is InChI=1S/C14H19F2N3/c15-10-7-13(16)14(18-8-10)19-6-2-1-3-12(19)9-17-11-4-5-11/h7-8,11-12,17H,1-6,9H2. The zero-order chi connectivity index (χ0) is 13.2.